The first-order chi connectivity index (χ1) is 11.0. The molecule has 0 radical (unpaired) electrons. The van der Waals surface area contributed by atoms with Crippen molar-refractivity contribution >= 4 is 23.4 Å². The number of amides is 2. The van der Waals surface area contributed by atoms with Gasteiger partial charge in [0.15, 0.2) is 0 Å². The van der Waals surface area contributed by atoms with Crippen molar-refractivity contribution in [3.63, 3.8) is 0 Å². The Labute approximate surface area is 142 Å². The predicted molar refractivity (Wildman–Crippen MR) is 91.1 cm³/mol. The maximum Gasteiger partial charge on any atom is 0.237 e. The quantitative estimate of drug-likeness (QED) is 0.832. The molecule has 1 saturated heterocycles. The zero-order chi connectivity index (χ0) is 16.8. The Morgan fingerprint density at radius 1 is 1.48 bits per heavy atom. The smallest absolute Gasteiger partial charge is 0.237 e. The number of halogens is 1. The lowest BCUT2D eigenvalue weighted by molar-refractivity contribution is -0.134. The van der Waals surface area contributed by atoms with Crippen molar-refractivity contribution in [1.29, 1.82) is 0 Å². The molecule has 1 fully saturated rings. The molecule has 1 aliphatic heterocycles. The van der Waals surface area contributed by atoms with Gasteiger partial charge in [-0.05, 0) is 23.6 Å². The number of piperazine rings is 1. The van der Waals surface area contributed by atoms with Crippen LogP contribution >= 0.6 is 11.6 Å². The monoisotopic (exact) mass is 337 g/mol. The fourth-order valence-corrected chi connectivity index (χ4v) is 2.98. The van der Waals surface area contributed by atoms with Gasteiger partial charge in [-0.1, -0.05) is 37.6 Å². The highest BCUT2D eigenvalue weighted by Gasteiger charge is 2.31. The van der Waals surface area contributed by atoms with E-state index in [4.69, 9.17) is 11.6 Å². The largest absolute Gasteiger partial charge is 0.353 e. The van der Waals surface area contributed by atoms with Crippen LogP contribution in [0.2, 0.25) is 5.02 Å². The molecule has 5 nitrogen and oxygen atoms in total. The lowest BCUT2D eigenvalue weighted by Crippen LogP contribution is -2.57. The number of carbonyl (C=O) groups excluding carboxylic acids is 2. The summed E-state index contributed by atoms with van der Waals surface area (Å²) < 4.78 is 0. The SMILES string of the molecule is CC(C)CN1CCNC(=O)C1CC(=O)NCc1cccc(Cl)c1. The second kappa shape index (κ2) is 8.31. The Morgan fingerprint density at radius 2 is 2.26 bits per heavy atom. The van der Waals surface area contributed by atoms with E-state index in [-0.39, 0.29) is 24.3 Å². The van der Waals surface area contributed by atoms with Crippen molar-refractivity contribution in [1.82, 2.24) is 15.5 Å². The minimum Gasteiger partial charge on any atom is -0.353 e. The average molecular weight is 338 g/mol. The highest BCUT2D eigenvalue weighted by Crippen LogP contribution is 2.13. The fourth-order valence-electron chi connectivity index (χ4n) is 2.77. The van der Waals surface area contributed by atoms with E-state index < -0.39 is 0 Å². The number of carbonyl (C=O) groups is 2. The molecule has 1 aromatic carbocycles. The van der Waals surface area contributed by atoms with Crippen molar-refractivity contribution in [3.05, 3.63) is 34.9 Å². The zero-order valence-corrected chi connectivity index (χ0v) is 14.4. The van der Waals surface area contributed by atoms with Crippen molar-refractivity contribution in [2.45, 2.75) is 32.9 Å². The van der Waals surface area contributed by atoms with Crippen LogP contribution in [0.5, 0.6) is 0 Å². The predicted octanol–water partition coefficient (Wildman–Crippen LogP) is 1.80. The summed E-state index contributed by atoms with van der Waals surface area (Å²) in [5.41, 5.74) is 0.943. The van der Waals surface area contributed by atoms with Crippen LogP contribution in [0.4, 0.5) is 0 Å². The Morgan fingerprint density at radius 3 is 2.96 bits per heavy atom. The Balaban J connectivity index is 1.90. The third-order valence-electron chi connectivity index (χ3n) is 3.80. The minimum atomic E-state index is -0.384. The van der Waals surface area contributed by atoms with Gasteiger partial charge in [0, 0.05) is 31.2 Å². The summed E-state index contributed by atoms with van der Waals surface area (Å²) >= 11 is 5.93. The van der Waals surface area contributed by atoms with Gasteiger partial charge in [-0.2, -0.15) is 0 Å². The van der Waals surface area contributed by atoms with Crippen molar-refractivity contribution in [2.75, 3.05) is 19.6 Å². The van der Waals surface area contributed by atoms with Gasteiger partial charge in [0.2, 0.25) is 11.8 Å². The normalized spacial score (nSPS) is 18.8. The summed E-state index contributed by atoms with van der Waals surface area (Å²) in [4.78, 5) is 26.4. The molecule has 0 saturated carbocycles. The number of benzene rings is 1. The van der Waals surface area contributed by atoms with Crippen LogP contribution < -0.4 is 10.6 Å². The number of hydrogen-bond donors (Lipinski definition) is 2. The van der Waals surface area contributed by atoms with E-state index >= 15 is 0 Å². The topological polar surface area (TPSA) is 61.4 Å². The number of nitrogens with one attached hydrogen (secondary N) is 2. The van der Waals surface area contributed by atoms with Gasteiger partial charge in [-0.15, -0.1) is 0 Å². The van der Waals surface area contributed by atoms with E-state index in [0.29, 0.717) is 24.0 Å². The van der Waals surface area contributed by atoms with E-state index in [0.717, 1.165) is 18.7 Å². The second-order valence-electron chi connectivity index (χ2n) is 6.31. The maximum atomic E-state index is 12.2. The first-order valence-corrected chi connectivity index (χ1v) is 8.36. The highest BCUT2D eigenvalue weighted by molar-refractivity contribution is 6.30. The van der Waals surface area contributed by atoms with Crippen LogP contribution in [0.3, 0.4) is 0 Å². The first kappa shape index (κ1) is 17.8. The van der Waals surface area contributed by atoms with Crippen LogP contribution in [0.1, 0.15) is 25.8 Å². The molecule has 0 bridgehead atoms. The second-order valence-corrected chi connectivity index (χ2v) is 6.74. The third-order valence-corrected chi connectivity index (χ3v) is 4.03. The zero-order valence-electron chi connectivity index (χ0n) is 13.6. The van der Waals surface area contributed by atoms with Crippen LogP contribution in [0.15, 0.2) is 24.3 Å². The summed E-state index contributed by atoms with van der Waals surface area (Å²) in [5.74, 6) is 0.272. The van der Waals surface area contributed by atoms with Gasteiger partial charge in [-0.25, -0.2) is 0 Å². The summed E-state index contributed by atoms with van der Waals surface area (Å²) in [6, 6.07) is 6.99. The summed E-state index contributed by atoms with van der Waals surface area (Å²) in [7, 11) is 0. The molecule has 1 unspecified atom stereocenters. The number of rotatable bonds is 6. The van der Waals surface area contributed by atoms with Gasteiger partial charge in [0.05, 0.1) is 12.5 Å². The average Bonchev–Trinajstić information content (AvgIpc) is 2.48. The van der Waals surface area contributed by atoms with Crippen LogP contribution in [0, 0.1) is 5.92 Å². The maximum absolute atomic E-state index is 12.2. The fraction of sp³-hybridized carbons (Fsp3) is 0.529. The van der Waals surface area contributed by atoms with Gasteiger partial charge < -0.3 is 10.6 Å². The summed E-state index contributed by atoms with van der Waals surface area (Å²) in [6.45, 7) is 6.89. The van der Waals surface area contributed by atoms with Gasteiger partial charge in [0.1, 0.15) is 0 Å². The molecule has 126 valence electrons. The van der Waals surface area contributed by atoms with Gasteiger partial charge in [-0.3, -0.25) is 14.5 Å². The Bertz CT molecular complexity index is 563. The van der Waals surface area contributed by atoms with Crippen molar-refractivity contribution in [2.24, 2.45) is 5.92 Å². The van der Waals surface area contributed by atoms with Gasteiger partial charge >= 0.3 is 0 Å². The molecular formula is C17H24ClN3O2. The van der Waals surface area contributed by atoms with E-state index in [1.807, 2.05) is 18.2 Å². The molecule has 1 aliphatic rings. The van der Waals surface area contributed by atoms with Crippen LogP contribution in [-0.4, -0.2) is 42.4 Å². The van der Waals surface area contributed by atoms with Crippen LogP contribution in [-0.2, 0) is 16.1 Å². The molecule has 1 heterocycles. The lowest BCUT2D eigenvalue weighted by atomic mass is 10.1. The molecule has 0 aromatic heterocycles. The summed E-state index contributed by atoms with van der Waals surface area (Å²) in [6.07, 6.45) is 0.180. The molecule has 2 N–H and O–H groups in total. The molecule has 0 spiro atoms. The molecule has 1 atom stereocenters. The van der Waals surface area contributed by atoms with Crippen LogP contribution in [0.25, 0.3) is 0 Å². The molecule has 0 aliphatic carbocycles. The number of nitrogens with zero attached hydrogens (tertiary/aromatic N) is 1. The van der Waals surface area contributed by atoms with E-state index in [9.17, 15) is 9.59 Å². The standard InChI is InChI=1S/C17H24ClN3O2/c1-12(2)11-21-7-6-19-17(23)15(21)9-16(22)20-10-13-4-3-5-14(18)8-13/h3-5,8,12,15H,6-7,9-11H2,1-2H3,(H,19,23)(H,20,22). The van der Waals surface area contributed by atoms with Crippen molar-refractivity contribution in [3.8, 4) is 0 Å². The molecule has 2 amide bonds. The molecule has 2 rings (SSSR count). The minimum absolute atomic E-state index is 0.0604. The van der Waals surface area contributed by atoms with Crippen molar-refractivity contribution < 1.29 is 9.59 Å². The third kappa shape index (κ3) is 5.52. The lowest BCUT2D eigenvalue weighted by Gasteiger charge is -2.35. The Kier molecular flexibility index (Phi) is 6.42. The van der Waals surface area contributed by atoms with E-state index in [2.05, 4.69) is 29.4 Å². The highest BCUT2D eigenvalue weighted by atomic mass is 35.5. The van der Waals surface area contributed by atoms with E-state index in [1.54, 1.807) is 6.07 Å². The first-order valence-electron chi connectivity index (χ1n) is 7.98. The van der Waals surface area contributed by atoms with E-state index in [1.165, 1.54) is 0 Å². The Hall–Kier alpha value is -1.59. The number of hydrogen-bond acceptors (Lipinski definition) is 3. The molecule has 1 aromatic rings. The molecule has 6 heteroatoms. The summed E-state index contributed by atoms with van der Waals surface area (Å²) in [5, 5.41) is 6.35. The molecular weight excluding hydrogens is 314 g/mol. The molecule has 23 heavy (non-hydrogen) atoms. The van der Waals surface area contributed by atoms with Gasteiger partial charge in [0.25, 0.3) is 0 Å².